The van der Waals surface area contributed by atoms with Crippen molar-refractivity contribution in [3.63, 3.8) is 0 Å². The highest BCUT2D eigenvalue weighted by Crippen LogP contribution is 2.21. The van der Waals surface area contributed by atoms with Crippen LogP contribution in [0.1, 0.15) is 46.0 Å². The largest absolute Gasteiger partial charge is 0.313 e. The van der Waals surface area contributed by atoms with Crippen molar-refractivity contribution in [2.45, 2.75) is 52.0 Å². The fourth-order valence-corrected chi connectivity index (χ4v) is 5.14. The number of hydrogen-bond donors (Lipinski definition) is 1. The van der Waals surface area contributed by atoms with Crippen LogP contribution in [0.25, 0.3) is 0 Å². The van der Waals surface area contributed by atoms with Crippen LogP contribution in [-0.2, 0) is 10.2 Å². The van der Waals surface area contributed by atoms with Crippen LogP contribution in [0.15, 0.2) is 0 Å². The number of nitrogens with zero attached hydrogens (tertiary/aromatic N) is 2. The lowest BCUT2D eigenvalue weighted by atomic mass is 10.0. The van der Waals surface area contributed by atoms with Gasteiger partial charge in [0.15, 0.2) is 0 Å². The van der Waals surface area contributed by atoms with E-state index in [4.69, 9.17) is 0 Å². The summed E-state index contributed by atoms with van der Waals surface area (Å²) in [5, 5.41) is 3.40. The molecule has 2 saturated heterocycles. The maximum atomic E-state index is 12.8. The van der Waals surface area contributed by atoms with E-state index in [2.05, 4.69) is 12.2 Å². The molecule has 2 heterocycles. The molecule has 2 aliphatic rings. The van der Waals surface area contributed by atoms with E-state index < -0.39 is 10.2 Å². The summed E-state index contributed by atoms with van der Waals surface area (Å²) < 4.78 is 29.1. The average Bonchev–Trinajstić information content (AvgIpc) is 2.91. The Balaban J connectivity index is 2.04. The van der Waals surface area contributed by atoms with E-state index in [-0.39, 0.29) is 0 Å². The van der Waals surface area contributed by atoms with Crippen LogP contribution in [0.4, 0.5) is 0 Å². The van der Waals surface area contributed by atoms with Gasteiger partial charge < -0.3 is 5.32 Å². The highest BCUT2D eigenvalue weighted by Gasteiger charge is 2.33. The van der Waals surface area contributed by atoms with Crippen molar-refractivity contribution in [3.8, 4) is 0 Å². The van der Waals surface area contributed by atoms with E-state index in [1.54, 1.807) is 8.61 Å². The molecule has 0 saturated carbocycles. The average molecular weight is 303 g/mol. The maximum Gasteiger partial charge on any atom is 0.282 e. The summed E-state index contributed by atoms with van der Waals surface area (Å²) in [7, 11) is -3.28. The summed E-state index contributed by atoms with van der Waals surface area (Å²) >= 11 is 0. The second-order valence-electron chi connectivity index (χ2n) is 6.26. The third-order valence-electron chi connectivity index (χ3n) is 4.33. The van der Waals surface area contributed by atoms with Crippen LogP contribution < -0.4 is 5.32 Å². The molecular weight excluding hydrogens is 274 g/mol. The predicted molar refractivity (Wildman–Crippen MR) is 81.8 cm³/mol. The van der Waals surface area contributed by atoms with Crippen LogP contribution in [0, 0.1) is 5.92 Å². The quantitative estimate of drug-likeness (QED) is 0.807. The second kappa shape index (κ2) is 7.20. The SMILES string of the molecule is CCCN(CC1CCCN1)S(=O)(=O)N1CCCC(C)C1. The van der Waals surface area contributed by atoms with E-state index in [9.17, 15) is 8.42 Å². The van der Waals surface area contributed by atoms with Crippen molar-refractivity contribution in [3.05, 3.63) is 0 Å². The summed E-state index contributed by atoms with van der Waals surface area (Å²) in [5.74, 6) is 0.478. The molecule has 5 nitrogen and oxygen atoms in total. The van der Waals surface area contributed by atoms with E-state index in [0.29, 0.717) is 38.1 Å². The lowest BCUT2D eigenvalue weighted by Crippen LogP contribution is -2.50. The molecule has 1 N–H and O–H groups in total. The van der Waals surface area contributed by atoms with Gasteiger partial charge in [0.2, 0.25) is 0 Å². The molecule has 2 rings (SSSR count). The Hall–Kier alpha value is -0.170. The van der Waals surface area contributed by atoms with Gasteiger partial charge in [0, 0.05) is 32.2 Å². The predicted octanol–water partition coefficient (Wildman–Crippen LogP) is 1.43. The van der Waals surface area contributed by atoms with Crippen LogP contribution in [0.3, 0.4) is 0 Å². The van der Waals surface area contributed by atoms with Gasteiger partial charge in [-0.15, -0.1) is 0 Å². The smallest absolute Gasteiger partial charge is 0.282 e. The summed E-state index contributed by atoms with van der Waals surface area (Å²) in [6, 6.07) is 0.332. The fourth-order valence-electron chi connectivity index (χ4n) is 3.23. The highest BCUT2D eigenvalue weighted by atomic mass is 32.2. The first kappa shape index (κ1) is 16.2. The molecule has 0 aliphatic carbocycles. The number of nitrogens with one attached hydrogen (secondary N) is 1. The zero-order chi connectivity index (χ0) is 14.6. The summed E-state index contributed by atoms with van der Waals surface area (Å²) in [6.07, 6.45) is 5.25. The zero-order valence-electron chi connectivity index (χ0n) is 12.8. The molecular formula is C14H29N3O2S. The molecule has 0 aromatic rings. The van der Waals surface area contributed by atoms with Gasteiger partial charge in [0.1, 0.15) is 0 Å². The minimum absolute atomic E-state index is 0.332. The van der Waals surface area contributed by atoms with E-state index in [1.165, 1.54) is 0 Å². The molecule has 0 bridgehead atoms. The van der Waals surface area contributed by atoms with Gasteiger partial charge in [-0.3, -0.25) is 0 Å². The Labute approximate surface area is 123 Å². The van der Waals surface area contributed by atoms with Crippen LogP contribution in [0.2, 0.25) is 0 Å². The lowest BCUT2D eigenvalue weighted by molar-refractivity contribution is 0.252. The van der Waals surface area contributed by atoms with Crippen molar-refractivity contribution in [1.29, 1.82) is 0 Å². The van der Waals surface area contributed by atoms with E-state index in [1.807, 2.05) is 6.92 Å². The molecule has 2 unspecified atom stereocenters. The normalized spacial score (nSPS) is 29.1. The van der Waals surface area contributed by atoms with Crippen molar-refractivity contribution in [2.75, 3.05) is 32.7 Å². The standard InChI is InChI=1S/C14H29N3O2S/c1-3-9-16(12-14-7-4-8-15-14)20(18,19)17-10-5-6-13(2)11-17/h13-15H,3-12H2,1-2H3. The van der Waals surface area contributed by atoms with Crippen LogP contribution in [0.5, 0.6) is 0 Å². The van der Waals surface area contributed by atoms with Crippen molar-refractivity contribution in [1.82, 2.24) is 13.9 Å². The molecule has 0 radical (unpaired) electrons. The molecule has 0 spiro atoms. The highest BCUT2D eigenvalue weighted by molar-refractivity contribution is 7.86. The summed E-state index contributed by atoms with van der Waals surface area (Å²) in [6.45, 7) is 7.83. The molecule has 0 aromatic carbocycles. The van der Waals surface area contributed by atoms with Crippen molar-refractivity contribution in [2.24, 2.45) is 5.92 Å². The third kappa shape index (κ3) is 3.93. The second-order valence-corrected chi connectivity index (χ2v) is 8.19. The van der Waals surface area contributed by atoms with Gasteiger partial charge in [-0.25, -0.2) is 0 Å². The van der Waals surface area contributed by atoms with Gasteiger partial charge in [0.25, 0.3) is 10.2 Å². The number of piperidine rings is 1. The van der Waals surface area contributed by atoms with Crippen LogP contribution >= 0.6 is 0 Å². The number of hydrogen-bond acceptors (Lipinski definition) is 3. The van der Waals surface area contributed by atoms with Crippen molar-refractivity contribution < 1.29 is 8.42 Å². The molecule has 6 heteroatoms. The van der Waals surface area contributed by atoms with Crippen LogP contribution in [-0.4, -0.2) is 55.8 Å². The van der Waals surface area contributed by atoms with E-state index >= 15 is 0 Å². The zero-order valence-corrected chi connectivity index (χ0v) is 13.7. The molecule has 2 atom stereocenters. The molecule has 2 aliphatic heterocycles. The molecule has 118 valence electrons. The van der Waals surface area contributed by atoms with Gasteiger partial charge >= 0.3 is 0 Å². The minimum Gasteiger partial charge on any atom is -0.313 e. The van der Waals surface area contributed by atoms with Crippen molar-refractivity contribution >= 4 is 10.2 Å². The first-order valence-electron chi connectivity index (χ1n) is 8.02. The molecule has 0 aromatic heterocycles. The lowest BCUT2D eigenvalue weighted by Gasteiger charge is -2.35. The Bertz CT molecular complexity index is 393. The van der Waals surface area contributed by atoms with Gasteiger partial charge in [-0.05, 0) is 44.6 Å². The Morgan fingerprint density at radius 2 is 2.10 bits per heavy atom. The first-order chi connectivity index (χ1) is 9.54. The van der Waals surface area contributed by atoms with Gasteiger partial charge in [-0.1, -0.05) is 13.8 Å². The molecule has 2 fully saturated rings. The monoisotopic (exact) mass is 303 g/mol. The topological polar surface area (TPSA) is 52.7 Å². The summed E-state index contributed by atoms with van der Waals surface area (Å²) in [4.78, 5) is 0. The minimum atomic E-state index is -3.28. The molecule has 0 amide bonds. The summed E-state index contributed by atoms with van der Waals surface area (Å²) in [5.41, 5.74) is 0. The first-order valence-corrected chi connectivity index (χ1v) is 9.42. The van der Waals surface area contributed by atoms with E-state index in [0.717, 1.165) is 38.6 Å². The number of rotatable bonds is 6. The third-order valence-corrected chi connectivity index (χ3v) is 6.30. The Kier molecular flexibility index (Phi) is 5.84. The Morgan fingerprint density at radius 1 is 1.30 bits per heavy atom. The van der Waals surface area contributed by atoms with Gasteiger partial charge in [0.05, 0.1) is 0 Å². The Morgan fingerprint density at radius 3 is 2.70 bits per heavy atom. The fraction of sp³-hybridized carbons (Fsp3) is 1.00. The molecule has 20 heavy (non-hydrogen) atoms. The van der Waals surface area contributed by atoms with Gasteiger partial charge in [-0.2, -0.15) is 17.0 Å². The maximum absolute atomic E-state index is 12.8.